The van der Waals surface area contributed by atoms with Crippen molar-refractivity contribution in [1.29, 1.82) is 0 Å². The van der Waals surface area contributed by atoms with Crippen LogP contribution in [0.2, 0.25) is 0 Å². The molecular weight excluding hydrogens is 430 g/mol. The summed E-state index contributed by atoms with van der Waals surface area (Å²) in [5.74, 6) is 0.658. The molecule has 208 valence electrons. The second kappa shape index (κ2) is 22.8. The molecule has 3 N–H and O–H groups in total. The summed E-state index contributed by atoms with van der Waals surface area (Å²) in [4.78, 5) is 12.5. The minimum Gasteiger partial charge on any atom is -0.396 e. The zero-order valence-electron chi connectivity index (χ0n) is 24.6. The molecule has 0 saturated heterocycles. The molecule has 0 spiro atoms. The molecule has 0 rings (SSSR count). The Kier molecular flexibility index (Phi) is 25.3. The van der Waals surface area contributed by atoms with Crippen LogP contribution in [-0.2, 0) is 14.3 Å². The number of nitrogens with one attached hydrogen (secondary N) is 1. The number of carbonyl (C=O) groups excluding carboxylic acids is 1. The molecule has 2 unspecified atom stereocenters. The fraction of sp³-hybridized carbons (Fsp3) is 0.964. The van der Waals surface area contributed by atoms with Crippen LogP contribution in [0.1, 0.15) is 121 Å². The van der Waals surface area contributed by atoms with E-state index in [-0.39, 0.29) is 36.7 Å². The number of aliphatic hydroxyl groups is 2. The lowest BCUT2D eigenvalue weighted by molar-refractivity contribution is -0.131. The van der Waals surface area contributed by atoms with Gasteiger partial charge in [0.1, 0.15) is 0 Å². The van der Waals surface area contributed by atoms with Gasteiger partial charge in [0, 0.05) is 19.1 Å². The number of rotatable bonds is 16. The molecule has 0 saturated carbocycles. The maximum Gasteiger partial charge on any atom is 0.223 e. The number of unbranched alkanes of at least 4 members (excludes halogenated alkanes) is 1. The first kappa shape index (κ1) is 37.9. The number of hydrogen-bond acceptors (Lipinski definition) is 5. The molecule has 0 bridgehead atoms. The standard InChI is InChI=1S/C20H41NO4.C5H12O.C3H8/c1-8-10-11-17(9-2)18(23)21-20(7,14-22)15-25-19(5,6)12-13-24-16(3)4;1-5(2)3-4-6;1-3-2/h16-17,22H,8-15H2,1-7H3,(H,21,23);5-6H,3-4H2,1-2H3;3H2,1-2H3. The molecule has 0 aliphatic heterocycles. The van der Waals surface area contributed by atoms with Crippen molar-refractivity contribution in [2.45, 2.75) is 138 Å². The number of amides is 1. The Morgan fingerprint density at radius 1 is 0.971 bits per heavy atom. The lowest BCUT2D eigenvalue weighted by Gasteiger charge is -2.35. The highest BCUT2D eigenvalue weighted by Crippen LogP contribution is 2.19. The largest absolute Gasteiger partial charge is 0.396 e. The average molecular weight is 492 g/mol. The number of ether oxygens (including phenoxy) is 2. The Bertz CT molecular complexity index is 454. The van der Waals surface area contributed by atoms with Gasteiger partial charge in [0.2, 0.25) is 5.91 Å². The third-order valence-corrected chi connectivity index (χ3v) is 5.19. The van der Waals surface area contributed by atoms with E-state index in [1.54, 1.807) is 0 Å². The van der Waals surface area contributed by atoms with E-state index < -0.39 is 5.54 Å². The zero-order chi connectivity index (χ0) is 27.2. The van der Waals surface area contributed by atoms with Gasteiger partial charge >= 0.3 is 0 Å². The van der Waals surface area contributed by atoms with E-state index >= 15 is 0 Å². The van der Waals surface area contributed by atoms with Crippen molar-refractivity contribution in [2.75, 3.05) is 26.4 Å². The molecule has 0 aliphatic carbocycles. The van der Waals surface area contributed by atoms with Gasteiger partial charge in [0.15, 0.2) is 0 Å². The van der Waals surface area contributed by atoms with Gasteiger partial charge < -0.3 is 25.0 Å². The molecular formula is C28H61NO5. The molecule has 0 aromatic carbocycles. The molecule has 1 amide bonds. The van der Waals surface area contributed by atoms with E-state index in [2.05, 4.69) is 39.9 Å². The van der Waals surface area contributed by atoms with Gasteiger partial charge in [-0.1, -0.05) is 60.8 Å². The van der Waals surface area contributed by atoms with E-state index in [0.717, 1.165) is 38.5 Å². The highest BCUT2D eigenvalue weighted by Gasteiger charge is 2.31. The van der Waals surface area contributed by atoms with Crippen molar-refractivity contribution in [3.05, 3.63) is 0 Å². The first-order valence-electron chi connectivity index (χ1n) is 13.6. The van der Waals surface area contributed by atoms with Crippen molar-refractivity contribution >= 4 is 5.91 Å². The molecule has 6 nitrogen and oxygen atoms in total. The first-order chi connectivity index (χ1) is 15.8. The summed E-state index contributed by atoms with van der Waals surface area (Å²) in [5.41, 5.74) is -1.14. The summed E-state index contributed by atoms with van der Waals surface area (Å²) < 4.78 is 11.6. The van der Waals surface area contributed by atoms with Crippen LogP contribution in [0.5, 0.6) is 0 Å². The van der Waals surface area contributed by atoms with E-state index in [0.29, 0.717) is 19.1 Å². The summed E-state index contributed by atoms with van der Waals surface area (Å²) in [7, 11) is 0. The molecule has 0 aromatic heterocycles. The molecule has 6 heteroatoms. The van der Waals surface area contributed by atoms with Crippen molar-refractivity contribution in [2.24, 2.45) is 11.8 Å². The van der Waals surface area contributed by atoms with Crippen molar-refractivity contribution < 1.29 is 24.5 Å². The van der Waals surface area contributed by atoms with Gasteiger partial charge in [0.05, 0.1) is 30.5 Å². The topological polar surface area (TPSA) is 88.0 Å². The van der Waals surface area contributed by atoms with E-state index in [4.69, 9.17) is 14.6 Å². The normalized spacial score (nSPS) is 14.0. The van der Waals surface area contributed by atoms with Crippen molar-refractivity contribution in [3.8, 4) is 0 Å². The highest BCUT2D eigenvalue weighted by atomic mass is 16.5. The lowest BCUT2D eigenvalue weighted by atomic mass is 9.96. The Morgan fingerprint density at radius 2 is 1.53 bits per heavy atom. The van der Waals surface area contributed by atoms with Crippen LogP contribution < -0.4 is 5.32 Å². The summed E-state index contributed by atoms with van der Waals surface area (Å²) in [6, 6.07) is 0. The fourth-order valence-electron chi connectivity index (χ4n) is 2.72. The van der Waals surface area contributed by atoms with Gasteiger partial charge in [-0.2, -0.15) is 0 Å². The SMILES string of the molecule is CC(C)CCO.CCC.CCCCC(CC)C(=O)NC(C)(CO)COC(C)(C)CCOC(C)C. The maximum atomic E-state index is 12.5. The highest BCUT2D eigenvalue weighted by molar-refractivity contribution is 5.79. The molecule has 0 aliphatic rings. The average Bonchev–Trinajstić information content (AvgIpc) is 2.73. The molecule has 0 heterocycles. The Labute approximate surface area is 212 Å². The quantitative estimate of drug-likeness (QED) is 0.242. The van der Waals surface area contributed by atoms with Gasteiger partial charge in [-0.05, 0) is 66.2 Å². The predicted octanol–water partition coefficient (Wildman–Crippen LogP) is 6.12. The summed E-state index contributed by atoms with van der Waals surface area (Å²) >= 11 is 0. The van der Waals surface area contributed by atoms with Gasteiger partial charge in [-0.15, -0.1) is 0 Å². The van der Waals surface area contributed by atoms with Crippen LogP contribution in [0, 0.1) is 11.8 Å². The second-order valence-electron chi connectivity index (χ2n) is 10.8. The minimum atomic E-state index is -0.771. The second-order valence-corrected chi connectivity index (χ2v) is 10.8. The summed E-state index contributed by atoms with van der Waals surface area (Å²) in [6.45, 7) is 23.5. The lowest BCUT2D eigenvalue weighted by Crippen LogP contribution is -2.55. The predicted molar refractivity (Wildman–Crippen MR) is 145 cm³/mol. The molecule has 0 aromatic rings. The van der Waals surface area contributed by atoms with Crippen LogP contribution in [0.4, 0.5) is 0 Å². The van der Waals surface area contributed by atoms with Crippen LogP contribution >= 0.6 is 0 Å². The zero-order valence-corrected chi connectivity index (χ0v) is 24.6. The van der Waals surface area contributed by atoms with Crippen LogP contribution in [-0.4, -0.2) is 59.8 Å². The smallest absolute Gasteiger partial charge is 0.223 e. The fourth-order valence-corrected chi connectivity index (χ4v) is 2.72. The van der Waals surface area contributed by atoms with Crippen LogP contribution in [0.3, 0.4) is 0 Å². The summed E-state index contributed by atoms with van der Waals surface area (Å²) in [5, 5.41) is 21.0. The molecule has 2 atom stereocenters. The molecule has 34 heavy (non-hydrogen) atoms. The third-order valence-electron chi connectivity index (χ3n) is 5.19. The van der Waals surface area contributed by atoms with Crippen LogP contribution in [0.15, 0.2) is 0 Å². The van der Waals surface area contributed by atoms with Crippen LogP contribution in [0.25, 0.3) is 0 Å². The first-order valence-corrected chi connectivity index (χ1v) is 13.6. The Morgan fingerprint density at radius 3 is 1.88 bits per heavy atom. The third kappa shape index (κ3) is 24.4. The summed E-state index contributed by atoms with van der Waals surface area (Å²) in [6.07, 6.45) is 6.96. The van der Waals surface area contributed by atoms with Gasteiger partial charge in [0.25, 0.3) is 0 Å². The molecule has 0 radical (unpaired) electrons. The minimum absolute atomic E-state index is 0.00160. The van der Waals surface area contributed by atoms with Crippen molar-refractivity contribution in [3.63, 3.8) is 0 Å². The van der Waals surface area contributed by atoms with E-state index in [1.165, 1.54) is 6.42 Å². The number of aliphatic hydroxyl groups excluding tert-OH is 2. The van der Waals surface area contributed by atoms with Gasteiger partial charge in [-0.25, -0.2) is 0 Å². The maximum absolute atomic E-state index is 12.5. The number of carbonyl (C=O) groups is 1. The van der Waals surface area contributed by atoms with Crippen molar-refractivity contribution in [1.82, 2.24) is 5.32 Å². The Balaban J connectivity index is -0.000000902. The Hall–Kier alpha value is -0.690. The van der Waals surface area contributed by atoms with E-state index in [9.17, 15) is 9.90 Å². The van der Waals surface area contributed by atoms with Gasteiger partial charge in [-0.3, -0.25) is 4.79 Å². The van der Waals surface area contributed by atoms with E-state index in [1.807, 2.05) is 41.5 Å². The monoisotopic (exact) mass is 491 g/mol. The number of hydrogen-bond donors (Lipinski definition) is 3. The molecule has 0 fully saturated rings.